The van der Waals surface area contributed by atoms with E-state index in [0.717, 1.165) is 0 Å². The first-order chi connectivity index (χ1) is 6.27. The highest BCUT2D eigenvalue weighted by Gasteiger charge is 2.03. The van der Waals surface area contributed by atoms with Gasteiger partial charge in [0.15, 0.2) is 11.5 Å². The topological polar surface area (TPSA) is 101 Å². The third-order valence-electron chi connectivity index (χ3n) is 1.36. The minimum atomic E-state index is -2.52. The molecule has 13 heavy (non-hydrogen) atoms. The van der Waals surface area contributed by atoms with E-state index in [2.05, 4.69) is 24.3 Å². The van der Waals surface area contributed by atoms with Crippen molar-refractivity contribution in [1.82, 2.24) is 19.9 Å². The zero-order chi connectivity index (χ0) is 9.26. The van der Waals surface area contributed by atoms with Crippen LogP contribution in [0.5, 0.6) is 0 Å². The van der Waals surface area contributed by atoms with Crippen molar-refractivity contribution in [2.45, 2.75) is 0 Å². The Morgan fingerprint density at radius 2 is 2.15 bits per heavy atom. The van der Waals surface area contributed by atoms with E-state index >= 15 is 0 Å². The third kappa shape index (κ3) is 1.38. The maximum absolute atomic E-state index is 10.3. The fourth-order valence-electron chi connectivity index (χ4n) is 0.892. The van der Waals surface area contributed by atoms with Crippen molar-refractivity contribution < 1.29 is 8.42 Å². The minimum Gasteiger partial charge on any atom is -0.340 e. The molecule has 0 radical (unpaired) electrons. The summed E-state index contributed by atoms with van der Waals surface area (Å²) in [6, 6.07) is 0. The van der Waals surface area contributed by atoms with Crippen LogP contribution < -0.4 is 0 Å². The number of nitrogens with zero attached hydrogens (tertiary/aromatic N) is 4. The molecule has 0 aliphatic rings. The van der Waals surface area contributed by atoms with Crippen LogP contribution in [0.25, 0.3) is 11.2 Å². The van der Waals surface area contributed by atoms with Gasteiger partial charge in [0.1, 0.15) is 11.8 Å². The van der Waals surface area contributed by atoms with E-state index < -0.39 is 10.5 Å². The lowest BCUT2D eigenvalue weighted by atomic mass is 10.5. The van der Waals surface area contributed by atoms with Crippen LogP contribution in [0.3, 0.4) is 0 Å². The smallest absolute Gasteiger partial charge is 0.317 e. The summed E-state index contributed by atoms with van der Waals surface area (Å²) in [7, 11) is -2.52. The molecule has 0 fully saturated rings. The van der Waals surface area contributed by atoms with Gasteiger partial charge in [-0.1, -0.05) is 0 Å². The Hall–Kier alpha value is -1.83. The molecule has 0 atom stereocenters. The van der Waals surface area contributed by atoms with Crippen molar-refractivity contribution >= 4 is 27.5 Å². The molecule has 1 N–H and O–H groups in total. The lowest BCUT2D eigenvalue weighted by Crippen LogP contribution is -1.81. The largest absolute Gasteiger partial charge is 0.340 e. The number of hydrogen-bond donors (Lipinski definition) is 1. The predicted octanol–water partition coefficient (Wildman–Crippen LogP) is 0.0471. The molecule has 0 aliphatic heterocycles. The molecule has 0 amide bonds. The highest BCUT2D eigenvalue weighted by atomic mass is 32.2. The second-order valence-electron chi connectivity index (χ2n) is 2.11. The number of rotatable bonds is 1. The van der Waals surface area contributed by atoms with E-state index in [-0.39, 0.29) is 5.82 Å². The first kappa shape index (κ1) is 7.80. The molecule has 2 aromatic heterocycles. The van der Waals surface area contributed by atoms with Gasteiger partial charge in [-0.25, -0.2) is 15.0 Å². The fraction of sp³-hybridized carbons (Fsp3) is 0. The molecule has 8 heteroatoms. The second-order valence-corrected chi connectivity index (χ2v) is 2.72. The fourth-order valence-corrected chi connectivity index (χ4v) is 1.17. The van der Waals surface area contributed by atoms with Crippen LogP contribution in [0.1, 0.15) is 0 Å². The summed E-state index contributed by atoms with van der Waals surface area (Å²) in [6.07, 6.45) is 2.60. The summed E-state index contributed by atoms with van der Waals surface area (Å²) >= 11 is 0. The zero-order valence-corrected chi connectivity index (χ0v) is 6.98. The monoisotopic (exact) mass is 197 g/mol. The number of aromatic amines is 1. The van der Waals surface area contributed by atoms with E-state index in [4.69, 9.17) is 0 Å². The molecule has 2 rings (SSSR count). The Kier molecular flexibility index (Phi) is 1.74. The summed E-state index contributed by atoms with van der Waals surface area (Å²) in [5.41, 5.74) is 0.797. The summed E-state index contributed by atoms with van der Waals surface area (Å²) in [4.78, 5) is 14.0. The molecular weight excluding hydrogens is 194 g/mol. The number of hydrogen-bond acceptors (Lipinski definition) is 6. The van der Waals surface area contributed by atoms with Gasteiger partial charge in [-0.2, -0.15) is 8.42 Å². The van der Waals surface area contributed by atoms with Gasteiger partial charge in [0.25, 0.3) is 0 Å². The standard InChI is InChI=1S/C5H3N5O2S/c11-13(12)10-5-3-4(7-1-6-3)8-2-9-5/h1-2H,(H,6,7,8,9). The summed E-state index contributed by atoms with van der Waals surface area (Å²) in [5.74, 6) is 0.0656. The molecule has 66 valence electrons. The number of fused-ring (bicyclic) bond motifs is 1. The quantitative estimate of drug-likeness (QED) is 0.695. The number of H-pyrrole nitrogens is 1. The average molecular weight is 197 g/mol. The van der Waals surface area contributed by atoms with Crippen LogP contribution in [0.4, 0.5) is 5.82 Å². The Bertz CT molecular complexity index is 563. The second kappa shape index (κ2) is 2.90. The van der Waals surface area contributed by atoms with Gasteiger partial charge >= 0.3 is 10.5 Å². The van der Waals surface area contributed by atoms with E-state index in [1.807, 2.05) is 0 Å². The van der Waals surface area contributed by atoms with Gasteiger partial charge in [-0.05, 0) is 0 Å². The van der Waals surface area contributed by atoms with Crippen molar-refractivity contribution in [3.05, 3.63) is 12.7 Å². The summed E-state index contributed by atoms with van der Waals surface area (Å²) in [5, 5.41) is 0. The van der Waals surface area contributed by atoms with Gasteiger partial charge in [0.2, 0.25) is 0 Å². The number of imidazole rings is 1. The molecule has 2 heterocycles. The molecule has 0 saturated heterocycles. The lowest BCUT2D eigenvalue weighted by Gasteiger charge is -1.88. The molecule has 2 aromatic rings. The predicted molar refractivity (Wildman–Crippen MR) is 42.7 cm³/mol. The van der Waals surface area contributed by atoms with Gasteiger partial charge < -0.3 is 4.98 Å². The van der Waals surface area contributed by atoms with E-state index in [1.165, 1.54) is 12.7 Å². The van der Waals surface area contributed by atoms with Crippen LogP contribution in [-0.4, -0.2) is 28.4 Å². The summed E-state index contributed by atoms with van der Waals surface area (Å²) in [6.45, 7) is 0. The van der Waals surface area contributed by atoms with E-state index in [0.29, 0.717) is 11.2 Å². The van der Waals surface area contributed by atoms with Gasteiger partial charge in [-0.3, -0.25) is 0 Å². The minimum absolute atomic E-state index is 0.0656. The van der Waals surface area contributed by atoms with Gasteiger partial charge in [0, 0.05) is 0 Å². The van der Waals surface area contributed by atoms with E-state index in [1.54, 1.807) is 0 Å². The first-order valence-electron chi connectivity index (χ1n) is 3.22. The molecule has 0 bridgehead atoms. The summed E-state index contributed by atoms with van der Waals surface area (Å²) < 4.78 is 23.8. The Labute approximate surface area is 73.6 Å². The Morgan fingerprint density at radius 3 is 2.92 bits per heavy atom. The van der Waals surface area contributed by atoms with Gasteiger partial charge in [-0.15, -0.1) is 4.36 Å². The van der Waals surface area contributed by atoms with Crippen LogP contribution in [-0.2, 0) is 10.5 Å². The zero-order valence-electron chi connectivity index (χ0n) is 6.17. The van der Waals surface area contributed by atoms with Crippen molar-refractivity contribution in [2.75, 3.05) is 0 Å². The molecule has 0 aliphatic carbocycles. The maximum Gasteiger partial charge on any atom is 0.317 e. The molecule has 0 spiro atoms. The maximum atomic E-state index is 10.3. The van der Waals surface area contributed by atoms with Crippen LogP contribution in [0.15, 0.2) is 17.0 Å². The van der Waals surface area contributed by atoms with Gasteiger partial charge in [0.05, 0.1) is 6.33 Å². The number of nitrogens with one attached hydrogen (secondary N) is 1. The van der Waals surface area contributed by atoms with Crippen LogP contribution in [0, 0.1) is 0 Å². The Morgan fingerprint density at radius 1 is 1.31 bits per heavy atom. The number of aromatic nitrogens is 4. The molecule has 7 nitrogen and oxygen atoms in total. The third-order valence-corrected chi connectivity index (χ3v) is 1.69. The molecule has 0 saturated carbocycles. The highest BCUT2D eigenvalue weighted by molar-refractivity contribution is 7.61. The Balaban J connectivity index is 2.82. The SMILES string of the molecule is O=S(=O)=Nc1ncnc2nc[nH]c12. The van der Waals surface area contributed by atoms with Crippen LogP contribution in [0.2, 0.25) is 0 Å². The van der Waals surface area contributed by atoms with Crippen LogP contribution >= 0.6 is 0 Å². The van der Waals surface area contributed by atoms with Crippen molar-refractivity contribution in [1.29, 1.82) is 0 Å². The van der Waals surface area contributed by atoms with Crippen molar-refractivity contribution in [3.8, 4) is 0 Å². The van der Waals surface area contributed by atoms with E-state index in [9.17, 15) is 8.42 Å². The molecular formula is C5H3N5O2S. The first-order valence-corrected chi connectivity index (χ1v) is 4.26. The van der Waals surface area contributed by atoms with Crippen molar-refractivity contribution in [2.24, 2.45) is 4.36 Å². The lowest BCUT2D eigenvalue weighted by molar-refractivity contribution is 0.622. The van der Waals surface area contributed by atoms with Crippen molar-refractivity contribution in [3.63, 3.8) is 0 Å². The average Bonchev–Trinajstić information content (AvgIpc) is 2.51. The molecule has 0 unspecified atom stereocenters. The highest BCUT2D eigenvalue weighted by Crippen LogP contribution is 2.16. The molecule has 0 aromatic carbocycles. The normalized spacial score (nSPS) is 10.2.